The molecule has 1 atom stereocenters. The van der Waals surface area contributed by atoms with E-state index >= 15 is 0 Å². The Hall–Kier alpha value is -2.75. The van der Waals surface area contributed by atoms with Crippen LogP contribution in [0.3, 0.4) is 0 Å². The number of aromatic carboxylic acids is 1. The summed E-state index contributed by atoms with van der Waals surface area (Å²) in [5.41, 5.74) is 1.49. The predicted octanol–water partition coefficient (Wildman–Crippen LogP) is 1.69. The van der Waals surface area contributed by atoms with Crippen LogP contribution in [0.4, 0.5) is 0 Å². The highest BCUT2D eigenvalue weighted by molar-refractivity contribution is 5.88. The summed E-state index contributed by atoms with van der Waals surface area (Å²) in [4.78, 5) is 19.7. The Morgan fingerprint density at radius 3 is 2.90 bits per heavy atom. The average Bonchev–Trinajstić information content (AvgIpc) is 2.89. The molecule has 7 heteroatoms. The van der Waals surface area contributed by atoms with E-state index < -0.39 is 5.97 Å². The molecular formula is C14H13N5O2. The first-order valence-electron chi connectivity index (χ1n) is 6.71. The van der Waals surface area contributed by atoms with Gasteiger partial charge in [0.2, 0.25) is 0 Å². The third-order valence-corrected chi connectivity index (χ3v) is 3.68. The smallest absolute Gasteiger partial charge is 0.356 e. The van der Waals surface area contributed by atoms with Crippen LogP contribution in [0.25, 0.3) is 5.95 Å². The molecule has 0 aliphatic heterocycles. The highest BCUT2D eigenvalue weighted by atomic mass is 16.4. The molecule has 0 fully saturated rings. The molecule has 2 heterocycles. The fraction of sp³-hybridized carbons (Fsp3) is 0.357. The van der Waals surface area contributed by atoms with Crippen molar-refractivity contribution in [2.75, 3.05) is 0 Å². The van der Waals surface area contributed by atoms with Gasteiger partial charge in [-0.05, 0) is 25.3 Å². The second-order valence-corrected chi connectivity index (χ2v) is 4.93. The maximum absolute atomic E-state index is 11.5. The van der Waals surface area contributed by atoms with Crippen LogP contribution in [0, 0.1) is 11.3 Å². The van der Waals surface area contributed by atoms with Crippen molar-refractivity contribution in [2.24, 2.45) is 0 Å². The fourth-order valence-electron chi connectivity index (χ4n) is 2.83. The third kappa shape index (κ3) is 2.25. The minimum Gasteiger partial charge on any atom is -0.476 e. The molecule has 106 valence electrons. The van der Waals surface area contributed by atoms with Crippen molar-refractivity contribution in [3.05, 3.63) is 35.4 Å². The van der Waals surface area contributed by atoms with Crippen molar-refractivity contribution in [2.45, 2.75) is 31.6 Å². The van der Waals surface area contributed by atoms with Crippen molar-refractivity contribution in [1.29, 1.82) is 5.26 Å². The summed E-state index contributed by atoms with van der Waals surface area (Å²) in [5.74, 6) is -0.799. The van der Waals surface area contributed by atoms with E-state index in [-0.39, 0.29) is 11.6 Å². The van der Waals surface area contributed by atoms with Gasteiger partial charge in [0.15, 0.2) is 5.69 Å². The molecule has 0 saturated heterocycles. The largest absolute Gasteiger partial charge is 0.476 e. The highest BCUT2D eigenvalue weighted by Crippen LogP contribution is 2.36. The summed E-state index contributed by atoms with van der Waals surface area (Å²) in [7, 11) is 0. The Balaban J connectivity index is 2.19. The van der Waals surface area contributed by atoms with Gasteiger partial charge in [-0.1, -0.05) is 0 Å². The maximum Gasteiger partial charge on any atom is 0.356 e. The Morgan fingerprint density at radius 2 is 2.24 bits per heavy atom. The molecule has 1 N–H and O–H groups in total. The summed E-state index contributed by atoms with van der Waals surface area (Å²) in [5, 5.41) is 22.5. The van der Waals surface area contributed by atoms with E-state index in [1.165, 1.54) is 4.68 Å². The van der Waals surface area contributed by atoms with E-state index in [4.69, 9.17) is 5.26 Å². The second kappa shape index (κ2) is 5.32. The molecule has 0 saturated carbocycles. The lowest BCUT2D eigenvalue weighted by Crippen LogP contribution is -2.14. The number of hydrogen-bond donors (Lipinski definition) is 1. The normalized spacial score (nSPS) is 17.0. The molecular weight excluding hydrogens is 270 g/mol. The van der Waals surface area contributed by atoms with E-state index in [2.05, 4.69) is 21.1 Å². The molecule has 1 aliphatic rings. The van der Waals surface area contributed by atoms with Crippen LogP contribution in [0.15, 0.2) is 18.5 Å². The molecule has 0 radical (unpaired) electrons. The van der Waals surface area contributed by atoms with Crippen LogP contribution >= 0.6 is 0 Å². The van der Waals surface area contributed by atoms with Crippen LogP contribution in [0.1, 0.15) is 46.9 Å². The zero-order valence-electron chi connectivity index (χ0n) is 11.2. The molecule has 3 rings (SSSR count). The summed E-state index contributed by atoms with van der Waals surface area (Å²) in [6, 6.07) is 3.82. The number of carbonyl (C=O) groups is 1. The monoisotopic (exact) mass is 283 g/mol. The van der Waals surface area contributed by atoms with Crippen LogP contribution in [0.5, 0.6) is 0 Å². The average molecular weight is 283 g/mol. The van der Waals surface area contributed by atoms with E-state index in [9.17, 15) is 9.90 Å². The van der Waals surface area contributed by atoms with Crippen molar-refractivity contribution in [1.82, 2.24) is 19.7 Å². The van der Waals surface area contributed by atoms with Gasteiger partial charge in [-0.3, -0.25) is 0 Å². The van der Waals surface area contributed by atoms with Gasteiger partial charge in [0.1, 0.15) is 0 Å². The number of fused-ring (bicyclic) bond motifs is 1. The van der Waals surface area contributed by atoms with Gasteiger partial charge in [0.25, 0.3) is 5.95 Å². The van der Waals surface area contributed by atoms with Gasteiger partial charge in [-0.15, -0.1) is 0 Å². The Labute approximate surface area is 120 Å². The molecule has 2 aromatic heterocycles. The first kappa shape index (κ1) is 13.2. The van der Waals surface area contributed by atoms with Gasteiger partial charge in [-0.2, -0.15) is 10.4 Å². The molecule has 2 aromatic rings. The van der Waals surface area contributed by atoms with Crippen LogP contribution in [-0.4, -0.2) is 30.8 Å². The predicted molar refractivity (Wildman–Crippen MR) is 72.0 cm³/mol. The third-order valence-electron chi connectivity index (χ3n) is 3.68. The highest BCUT2D eigenvalue weighted by Gasteiger charge is 2.32. The van der Waals surface area contributed by atoms with Crippen molar-refractivity contribution in [3.8, 4) is 12.0 Å². The van der Waals surface area contributed by atoms with Gasteiger partial charge in [-0.25, -0.2) is 19.4 Å². The minimum atomic E-state index is -1.08. The number of carboxylic acid groups (broad SMARTS) is 1. The van der Waals surface area contributed by atoms with E-state index in [1.54, 1.807) is 18.5 Å². The van der Waals surface area contributed by atoms with Crippen LogP contribution in [0.2, 0.25) is 0 Å². The summed E-state index contributed by atoms with van der Waals surface area (Å²) in [6.45, 7) is 0. The zero-order chi connectivity index (χ0) is 14.8. The number of nitriles is 1. The molecule has 7 nitrogen and oxygen atoms in total. The standard InChI is InChI=1S/C14H13N5O2/c15-6-5-9-3-1-4-10-11(9)12(13(20)21)18-19(10)14-16-7-2-8-17-14/h2,7-9H,1,3-5H2,(H,20,21). The van der Waals surface area contributed by atoms with Crippen LogP contribution in [-0.2, 0) is 6.42 Å². The zero-order valence-corrected chi connectivity index (χ0v) is 11.2. The van der Waals surface area contributed by atoms with Gasteiger partial charge in [0, 0.05) is 30.3 Å². The first-order chi connectivity index (χ1) is 10.2. The number of carboxylic acids is 1. The van der Waals surface area contributed by atoms with Crippen molar-refractivity contribution >= 4 is 5.97 Å². The maximum atomic E-state index is 11.5. The molecule has 0 amide bonds. The number of hydrogen-bond acceptors (Lipinski definition) is 5. The minimum absolute atomic E-state index is 0.0115. The molecule has 0 aromatic carbocycles. The molecule has 1 unspecified atom stereocenters. The Bertz CT molecular complexity index is 717. The lowest BCUT2D eigenvalue weighted by atomic mass is 9.83. The van der Waals surface area contributed by atoms with Crippen molar-refractivity contribution < 1.29 is 9.90 Å². The van der Waals surface area contributed by atoms with Gasteiger partial charge in [0.05, 0.1) is 11.8 Å². The molecule has 1 aliphatic carbocycles. The van der Waals surface area contributed by atoms with Crippen molar-refractivity contribution in [3.63, 3.8) is 0 Å². The molecule has 0 bridgehead atoms. The summed E-state index contributed by atoms with van der Waals surface area (Å²) >= 11 is 0. The summed E-state index contributed by atoms with van der Waals surface area (Å²) in [6.07, 6.45) is 5.91. The lowest BCUT2D eigenvalue weighted by molar-refractivity contribution is 0.0688. The van der Waals surface area contributed by atoms with E-state index in [0.29, 0.717) is 17.9 Å². The molecule has 0 spiro atoms. The second-order valence-electron chi connectivity index (χ2n) is 4.93. The molecule has 21 heavy (non-hydrogen) atoms. The topological polar surface area (TPSA) is 105 Å². The lowest BCUT2D eigenvalue weighted by Gasteiger charge is -2.21. The Morgan fingerprint density at radius 1 is 1.48 bits per heavy atom. The number of nitrogens with zero attached hydrogens (tertiary/aromatic N) is 5. The first-order valence-corrected chi connectivity index (χ1v) is 6.71. The Kier molecular flexibility index (Phi) is 3.36. The van der Waals surface area contributed by atoms with Gasteiger partial charge < -0.3 is 5.11 Å². The van der Waals surface area contributed by atoms with E-state index in [1.807, 2.05) is 0 Å². The SMILES string of the molecule is N#CCC1CCCc2c1c(C(=O)O)nn2-c1ncccn1. The number of aromatic nitrogens is 4. The quantitative estimate of drug-likeness (QED) is 0.919. The van der Waals surface area contributed by atoms with E-state index in [0.717, 1.165) is 25.0 Å². The van der Waals surface area contributed by atoms with Crippen LogP contribution < -0.4 is 0 Å². The van der Waals surface area contributed by atoms with Gasteiger partial charge >= 0.3 is 5.97 Å². The number of rotatable bonds is 3. The fourth-order valence-corrected chi connectivity index (χ4v) is 2.83. The summed E-state index contributed by atoms with van der Waals surface area (Å²) < 4.78 is 1.50.